The molecule has 1 fully saturated rings. The fraction of sp³-hybridized carbons (Fsp3) is 0.333. The molecule has 1 aliphatic rings. The van der Waals surface area contributed by atoms with E-state index in [0.29, 0.717) is 46.9 Å². The molecule has 0 bridgehead atoms. The number of ether oxygens (including phenoxy) is 3. The number of nitrogens with one attached hydrogen (secondary N) is 2. The monoisotopic (exact) mass is 483 g/mol. The van der Waals surface area contributed by atoms with Crippen LogP contribution in [-0.2, 0) is 9.53 Å². The van der Waals surface area contributed by atoms with Crippen molar-refractivity contribution in [3.8, 4) is 22.8 Å². The second-order valence-electron chi connectivity index (χ2n) is 7.93. The third kappa shape index (κ3) is 4.49. The molecule has 1 saturated heterocycles. The highest BCUT2D eigenvalue weighted by atomic mass is 35.5. The molecule has 3 aromatic rings. The predicted octanol–water partition coefficient (Wildman–Crippen LogP) is 3.46. The first-order valence-corrected chi connectivity index (χ1v) is 11.1. The number of hydrogen-bond donors (Lipinski definition) is 2. The van der Waals surface area contributed by atoms with Gasteiger partial charge in [-0.3, -0.25) is 9.78 Å². The standard InChI is InChI=1S/C24H26ClN5O4/c1-6-20(31)28-16-10-34-11-17(16)29-24-26-9-14-7-15(27-13(3)23(14)30-24)21-12(2)18(32-4)8-19(33-5)22(21)25/h6-9,16-17H,1,10-11H2,2-5H3,(H,28,31)(H,26,29,30)/t16-,17+/m0/s1. The molecule has 0 unspecified atom stereocenters. The van der Waals surface area contributed by atoms with E-state index in [9.17, 15) is 4.79 Å². The SMILES string of the molecule is C=CC(=O)N[C@H]1COC[C@H]1Nc1ncc2cc(-c3c(C)c(OC)cc(OC)c3Cl)nc(C)c2n1. The minimum absolute atomic E-state index is 0.167. The maximum atomic E-state index is 11.7. The largest absolute Gasteiger partial charge is 0.496 e. The average molecular weight is 484 g/mol. The van der Waals surface area contributed by atoms with Crippen LogP contribution in [0.5, 0.6) is 11.5 Å². The molecule has 0 saturated carbocycles. The number of hydrogen-bond acceptors (Lipinski definition) is 8. The van der Waals surface area contributed by atoms with E-state index in [1.165, 1.54) is 6.08 Å². The van der Waals surface area contributed by atoms with E-state index < -0.39 is 0 Å². The van der Waals surface area contributed by atoms with Crippen molar-refractivity contribution in [2.24, 2.45) is 0 Å². The molecule has 2 N–H and O–H groups in total. The number of methoxy groups -OCH3 is 2. The Morgan fingerprint density at radius 1 is 1.18 bits per heavy atom. The van der Waals surface area contributed by atoms with Gasteiger partial charge in [-0.2, -0.15) is 0 Å². The summed E-state index contributed by atoms with van der Waals surface area (Å²) in [4.78, 5) is 25.6. The van der Waals surface area contributed by atoms with Crippen LogP contribution in [-0.4, -0.2) is 60.4 Å². The topological polar surface area (TPSA) is 107 Å². The molecule has 178 valence electrons. The van der Waals surface area contributed by atoms with Gasteiger partial charge in [0.2, 0.25) is 11.9 Å². The molecule has 0 spiro atoms. The van der Waals surface area contributed by atoms with Gasteiger partial charge >= 0.3 is 0 Å². The second-order valence-corrected chi connectivity index (χ2v) is 8.30. The fourth-order valence-corrected chi connectivity index (χ4v) is 4.38. The second kappa shape index (κ2) is 9.82. The molecular weight excluding hydrogens is 458 g/mol. The van der Waals surface area contributed by atoms with Crippen molar-refractivity contribution in [3.63, 3.8) is 0 Å². The number of aromatic nitrogens is 3. The third-order valence-corrected chi connectivity index (χ3v) is 6.16. The number of halogens is 1. The number of carbonyl (C=O) groups excluding carboxylic acids is 1. The molecule has 1 aromatic carbocycles. The van der Waals surface area contributed by atoms with Crippen LogP contribution in [0.4, 0.5) is 5.95 Å². The van der Waals surface area contributed by atoms with Gasteiger partial charge < -0.3 is 24.8 Å². The number of aryl methyl sites for hydroxylation is 1. The lowest BCUT2D eigenvalue weighted by Gasteiger charge is -2.20. The number of fused-ring (bicyclic) bond motifs is 1. The number of pyridine rings is 1. The maximum Gasteiger partial charge on any atom is 0.243 e. The van der Waals surface area contributed by atoms with Crippen LogP contribution >= 0.6 is 11.6 Å². The summed E-state index contributed by atoms with van der Waals surface area (Å²) >= 11 is 6.65. The minimum atomic E-state index is -0.252. The lowest BCUT2D eigenvalue weighted by Crippen LogP contribution is -2.45. The molecule has 3 heterocycles. The first-order valence-electron chi connectivity index (χ1n) is 10.7. The molecule has 2 aromatic heterocycles. The summed E-state index contributed by atoms with van der Waals surface area (Å²) in [5.41, 5.74) is 3.68. The molecule has 0 radical (unpaired) electrons. The average Bonchev–Trinajstić information content (AvgIpc) is 3.26. The predicted molar refractivity (Wildman–Crippen MR) is 131 cm³/mol. The van der Waals surface area contributed by atoms with Gasteiger partial charge in [-0.05, 0) is 26.0 Å². The number of amides is 1. The summed E-state index contributed by atoms with van der Waals surface area (Å²) < 4.78 is 16.4. The van der Waals surface area contributed by atoms with Gasteiger partial charge in [-0.1, -0.05) is 18.2 Å². The zero-order chi connectivity index (χ0) is 24.4. The molecule has 1 amide bonds. The Hall–Kier alpha value is -3.43. The van der Waals surface area contributed by atoms with Crippen molar-refractivity contribution in [1.29, 1.82) is 0 Å². The van der Waals surface area contributed by atoms with Crippen LogP contribution in [0.2, 0.25) is 5.02 Å². The third-order valence-electron chi connectivity index (χ3n) is 5.79. The summed E-state index contributed by atoms with van der Waals surface area (Å²) in [6, 6.07) is 3.28. The van der Waals surface area contributed by atoms with Crippen LogP contribution in [0.1, 0.15) is 11.3 Å². The van der Waals surface area contributed by atoms with Crippen molar-refractivity contribution in [2.75, 3.05) is 32.8 Å². The Balaban J connectivity index is 1.69. The van der Waals surface area contributed by atoms with E-state index >= 15 is 0 Å². The van der Waals surface area contributed by atoms with Crippen molar-refractivity contribution in [3.05, 3.63) is 47.3 Å². The number of carbonyl (C=O) groups is 1. The summed E-state index contributed by atoms with van der Waals surface area (Å²) in [6.07, 6.45) is 2.97. The zero-order valence-corrected chi connectivity index (χ0v) is 20.2. The van der Waals surface area contributed by atoms with Crippen molar-refractivity contribution >= 4 is 34.4 Å². The summed E-state index contributed by atoms with van der Waals surface area (Å²) in [7, 11) is 3.16. The molecule has 0 aliphatic carbocycles. The molecule has 1 aliphatic heterocycles. The Labute approximate surface area is 202 Å². The summed E-state index contributed by atoms with van der Waals surface area (Å²) in [5.74, 6) is 1.34. The van der Waals surface area contributed by atoms with Gasteiger partial charge in [-0.25, -0.2) is 9.97 Å². The Kier molecular flexibility index (Phi) is 6.85. The number of nitrogens with zero attached hydrogens (tertiary/aromatic N) is 3. The van der Waals surface area contributed by atoms with Gasteiger partial charge in [0.15, 0.2) is 0 Å². The van der Waals surface area contributed by atoms with E-state index in [2.05, 4.69) is 27.2 Å². The molecule has 34 heavy (non-hydrogen) atoms. The lowest BCUT2D eigenvalue weighted by atomic mass is 10.0. The summed E-state index contributed by atoms with van der Waals surface area (Å²) in [5, 5.41) is 7.38. The molecule has 4 rings (SSSR count). The van der Waals surface area contributed by atoms with Crippen molar-refractivity contribution in [2.45, 2.75) is 25.9 Å². The summed E-state index contributed by atoms with van der Waals surface area (Å²) in [6.45, 7) is 8.12. The first-order chi connectivity index (χ1) is 16.4. The van der Waals surface area contributed by atoms with Gasteiger partial charge in [0.05, 0.1) is 61.4 Å². The molecule has 2 atom stereocenters. The highest BCUT2D eigenvalue weighted by molar-refractivity contribution is 6.35. The van der Waals surface area contributed by atoms with Crippen LogP contribution in [0.25, 0.3) is 22.2 Å². The Morgan fingerprint density at radius 3 is 2.62 bits per heavy atom. The van der Waals surface area contributed by atoms with Gasteiger partial charge in [0, 0.05) is 28.8 Å². The Bertz CT molecular complexity index is 1240. The number of anilines is 1. The normalized spacial score (nSPS) is 17.4. The van der Waals surface area contributed by atoms with E-state index in [0.717, 1.165) is 22.2 Å². The number of benzene rings is 1. The first kappa shape index (κ1) is 23.7. The minimum Gasteiger partial charge on any atom is -0.496 e. The Morgan fingerprint density at radius 2 is 1.91 bits per heavy atom. The smallest absolute Gasteiger partial charge is 0.243 e. The van der Waals surface area contributed by atoms with Crippen molar-refractivity contribution < 1.29 is 19.0 Å². The molecule has 10 heteroatoms. The highest BCUT2D eigenvalue weighted by Gasteiger charge is 2.30. The van der Waals surface area contributed by atoms with Crippen LogP contribution < -0.4 is 20.1 Å². The van der Waals surface area contributed by atoms with Crippen LogP contribution in [0.15, 0.2) is 31.0 Å². The van der Waals surface area contributed by atoms with E-state index in [4.69, 9.17) is 30.8 Å². The van der Waals surface area contributed by atoms with Crippen molar-refractivity contribution in [1.82, 2.24) is 20.3 Å². The number of rotatable bonds is 7. The molecule has 9 nitrogen and oxygen atoms in total. The van der Waals surface area contributed by atoms with Crippen LogP contribution in [0.3, 0.4) is 0 Å². The van der Waals surface area contributed by atoms with Crippen LogP contribution in [0, 0.1) is 13.8 Å². The molecular formula is C24H26ClN5O4. The zero-order valence-electron chi connectivity index (χ0n) is 19.4. The van der Waals surface area contributed by atoms with Gasteiger partial charge in [-0.15, -0.1) is 0 Å². The van der Waals surface area contributed by atoms with Gasteiger partial charge in [0.1, 0.15) is 11.5 Å². The lowest BCUT2D eigenvalue weighted by molar-refractivity contribution is -0.117. The van der Waals surface area contributed by atoms with Gasteiger partial charge in [0.25, 0.3) is 0 Å². The van der Waals surface area contributed by atoms with E-state index in [-0.39, 0.29) is 18.0 Å². The fourth-order valence-electron chi connectivity index (χ4n) is 4.01. The quantitative estimate of drug-likeness (QED) is 0.492. The van der Waals surface area contributed by atoms with E-state index in [1.54, 1.807) is 26.5 Å². The van der Waals surface area contributed by atoms with E-state index in [1.807, 2.05) is 19.9 Å². The maximum absolute atomic E-state index is 11.7. The highest BCUT2D eigenvalue weighted by Crippen LogP contribution is 2.42.